The molecule has 0 aliphatic rings. The summed E-state index contributed by atoms with van der Waals surface area (Å²) < 4.78 is 15.0. The minimum absolute atomic E-state index is 0.147. The van der Waals surface area contributed by atoms with Crippen LogP contribution in [0.15, 0.2) is 31.0 Å². The minimum Gasteiger partial charge on any atom is -0.392 e. The Kier molecular flexibility index (Phi) is 2.24. The number of aliphatic hydroxyl groups excluding tert-OH is 1. The van der Waals surface area contributed by atoms with E-state index >= 15 is 0 Å². The van der Waals surface area contributed by atoms with Gasteiger partial charge in [0, 0.05) is 24.2 Å². The second-order valence-corrected chi connectivity index (χ2v) is 2.74. The van der Waals surface area contributed by atoms with E-state index in [9.17, 15) is 4.39 Å². The van der Waals surface area contributed by atoms with Crippen LogP contribution in [0.4, 0.5) is 4.39 Å². The molecule has 0 aliphatic carbocycles. The number of hydrogen-bond donors (Lipinski definition) is 1. The Balaban J connectivity index is 2.54. The summed E-state index contributed by atoms with van der Waals surface area (Å²) in [7, 11) is 0. The molecule has 0 unspecified atom stereocenters. The fraction of sp³-hybridized carbons (Fsp3) is 0.111. The summed E-state index contributed by atoms with van der Waals surface area (Å²) in [5.74, 6) is -0.373. The van der Waals surface area contributed by atoms with Crippen LogP contribution in [0.3, 0.4) is 0 Å². The second kappa shape index (κ2) is 3.55. The van der Waals surface area contributed by atoms with E-state index in [1.807, 2.05) is 0 Å². The van der Waals surface area contributed by atoms with Crippen LogP contribution in [-0.2, 0) is 6.61 Å². The summed E-state index contributed by atoms with van der Waals surface area (Å²) in [6.45, 7) is -0.337. The topological polar surface area (TPSA) is 50.9 Å². The zero-order valence-electron chi connectivity index (χ0n) is 7.26. The molecule has 5 heteroatoms. The molecule has 0 aromatic carbocycles. The molecule has 0 bridgehead atoms. The van der Waals surface area contributed by atoms with Crippen LogP contribution in [0.25, 0.3) is 5.82 Å². The van der Waals surface area contributed by atoms with Crippen molar-refractivity contribution >= 4 is 0 Å². The number of aliphatic hydroxyl groups is 1. The van der Waals surface area contributed by atoms with Gasteiger partial charge in [0.2, 0.25) is 0 Å². The maximum absolute atomic E-state index is 13.6. The molecule has 0 fully saturated rings. The minimum atomic E-state index is -0.520. The van der Waals surface area contributed by atoms with Crippen LogP contribution >= 0.6 is 0 Å². The molecule has 0 aliphatic heterocycles. The van der Waals surface area contributed by atoms with E-state index in [0.717, 1.165) is 0 Å². The van der Waals surface area contributed by atoms with E-state index in [4.69, 9.17) is 5.11 Å². The normalized spacial score (nSPS) is 10.4. The van der Waals surface area contributed by atoms with Crippen LogP contribution in [-0.4, -0.2) is 19.6 Å². The van der Waals surface area contributed by atoms with E-state index < -0.39 is 5.82 Å². The zero-order valence-corrected chi connectivity index (χ0v) is 7.26. The highest BCUT2D eigenvalue weighted by Crippen LogP contribution is 2.13. The highest BCUT2D eigenvalue weighted by Gasteiger charge is 2.09. The maximum Gasteiger partial charge on any atom is 0.174 e. The van der Waals surface area contributed by atoms with Crippen molar-refractivity contribution in [2.45, 2.75) is 6.61 Å². The van der Waals surface area contributed by atoms with Gasteiger partial charge in [-0.2, -0.15) is 0 Å². The Bertz CT molecular complexity index is 428. The molecule has 4 nitrogen and oxygen atoms in total. The molecular weight excluding hydrogens is 185 g/mol. The summed E-state index contributed by atoms with van der Waals surface area (Å²) >= 11 is 0. The third kappa shape index (κ3) is 1.38. The van der Waals surface area contributed by atoms with Crippen molar-refractivity contribution in [3.63, 3.8) is 0 Å². The van der Waals surface area contributed by atoms with E-state index in [1.54, 1.807) is 6.20 Å². The molecule has 2 rings (SSSR count). The van der Waals surface area contributed by atoms with Gasteiger partial charge in [-0.05, 0) is 6.07 Å². The van der Waals surface area contributed by atoms with Crippen LogP contribution in [0.2, 0.25) is 0 Å². The molecule has 14 heavy (non-hydrogen) atoms. The summed E-state index contributed by atoms with van der Waals surface area (Å²) in [6.07, 6.45) is 6.02. The molecule has 72 valence electrons. The van der Waals surface area contributed by atoms with Crippen LogP contribution in [0.5, 0.6) is 0 Å². The van der Waals surface area contributed by atoms with Gasteiger partial charge in [-0.25, -0.2) is 14.4 Å². The number of rotatable bonds is 2. The van der Waals surface area contributed by atoms with Gasteiger partial charge in [-0.3, -0.25) is 4.57 Å². The number of aromatic nitrogens is 3. The third-order valence-corrected chi connectivity index (χ3v) is 1.87. The van der Waals surface area contributed by atoms with E-state index in [0.29, 0.717) is 0 Å². The maximum atomic E-state index is 13.6. The van der Waals surface area contributed by atoms with Gasteiger partial charge >= 0.3 is 0 Å². The SMILES string of the molecule is OCc1ccnc(-n2ccnc2)c1F. The first-order valence-electron chi connectivity index (χ1n) is 4.05. The fourth-order valence-corrected chi connectivity index (χ4v) is 1.16. The second-order valence-electron chi connectivity index (χ2n) is 2.74. The molecular formula is C9H8FN3O. The predicted molar refractivity (Wildman–Crippen MR) is 47.2 cm³/mol. The zero-order chi connectivity index (χ0) is 9.97. The largest absolute Gasteiger partial charge is 0.392 e. The van der Waals surface area contributed by atoms with Crippen molar-refractivity contribution < 1.29 is 9.50 Å². The number of imidazole rings is 1. The number of hydrogen-bond acceptors (Lipinski definition) is 3. The Morgan fingerprint density at radius 1 is 1.43 bits per heavy atom. The highest BCUT2D eigenvalue weighted by molar-refractivity contribution is 5.29. The lowest BCUT2D eigenvalue weighted by Crippen LogP contribution is -2.02. The first kappa shape index (κ1) is 8.83. The first-order valence-corrected chi connectivity index (χ1v) is 4.05. The molecule has 0 amide bonds. The molecule has 0 saturated heterocycles. The van der Waals surface area contributed by atoms with Crippen molar-refractivity contribution in [1.29, 1.82) is 0 Å². The average molecular weight is 193 g/mol. The third-order valence-electron chi connectivity index (χ3n) is 1.87. The van der Waals surface area contributed by atoms with Gasteiger partial charge < -0.3 is 5.11 Å². The fourth-order valence-electron chi connectivity index (χ4n) is 1.16. The first-order chi connectivity index (χ1) is 6.83. The molecule has 0 saturated carbocycles. The van der Waals surface area contributed by atoms with E-state index in [-0.39, 0.29) is 18.0 Å². The molecule has 2 heterocycles. The smallest absolute Gasteiger partial charge is 0.174 e. The van der Waals surface area contributed by atoms with E-state index in [2.05, 4.69) is 9.97 Å². The summed E-state index contributed by atoms with van der Waals surface area (Å²) in [5, 5.41) is 8.85. The Morgan fingerprint density at radius 2 is 2.29 bits per heavy atom. The highest BCUT2D eigenvalue weighted by atomic mass is 19.1. The van der Waals surface area contributed by atoms with Gasteiger partial charge in [0.25, 0.3) is 0 Å². The number of pyridine rings is 1. The van der Waals surface area contributed by atoms with Gasteiger partial charge in [0.05, 0.1) is 6.61 Å². The van der Waals surface area contributed by atoms with Crippen molar-refractivity contribution in [3.8, 4) is 5.82 Å². The van der Waals surface area contributed by atoms with Crippen LogP contribution in [0, 0.1) is 5.82 Å². The van der Waals surface area contributed by atoms with Gasteiger partial charge in [0.15, 0.2) is 11.6 Å². The molecule has 2 aromatic rings. The standard InChI is InChI=1S/C9H8FN3O/c10-8-7(5-14)1-2-12-9(8)13-4-3-11-6-13/h1-4,6,14H,5H2. The molecule has 2 aromatic heterocycles. The lowest BCUT2D eigenvalue weighted by atomic mass is 10.2. The average Bonchev–Trinajstić information content (AvgIpc) is 2.71. The summed E-state index contributed by atoms with van der Waals surface area (Å²) in [5.41, 5.74) is 0.226. The lowest BCUT2D eigenvalue weighted by Gasteiger charge is -2.04. The lowest BCUT2D eigenvalue weighted by molar-refractivity contribution is 0.275. The van der Waals surface area contributed by atoms with Gasteiger partial charge in [0.1, 0.15) is 6.33 Å². The number of halogens is 1. The van der Waals surface area contributed by atoms with Crippen molar-refractivity contribution in [3.05, 3.63) is 42.4 Å². The Morgan fingerprint density at radius 3 is 2.93 bits per heavy atom. The quantitative estimate of drug-likeness (QED) is 0.770. The Labute approximate surface area is 79.7 Å². The van der Waals surface area contributed by atoms with Crippen molar-refractivity contribution in [2.24, 2.45) is 0 Å². The van der Waals surface area contributed by atoms with E-state index in [1.165, 1.54) is 29.4 Å². The van der Waals surface area contributed by atoms with Gasteiger partial charge in [-0.1, -0.05) is 0 Å². The molecule has 0 radical (unpaired) electrons. The molecule has 1 N–H and O–H groups in total. The van der Waals surface area contributed by atoms with Crippen LogP contribution in [0.1, 0.15) is 5.56 Å². The molecule has 0 spiro atoms. The van der Waals surface area contributed by atoms with Crippen molar-refractivity contribution in [2.75, 3.05) is 0 Å². The Hall–Kier alpha value is -1.75. The van der Waals surface area contributed by atoms with Crippen molar-refractivity contribution in [1.82, 2.24) is 14.5 Å². The van der Waals surface area contributed by atoms with Crippen LogP contribution < -0.4 is 0 Å². The van der Waals surface area contributed by atoms with Gasteiger partial charge in [-0.15, -0.1) is 0 Å². The predicted octanol–water partition coefficient (Wildman–Crippen LogP) is 0.899. The number of nitrogens with zero attached hydrogens (tertiary/aromatic N) is 3. The molecule has 0 atom stereocenters. The summed E-state index contributed by atoms with van der Waals surface area (Å²) in [6, 6.07) is 1.44. The summed E-state index contributed by atoms with van der Waals surface area (Å²) in [4.78, 5) is 7.66. The monoisotopic (exact) mass is 193 g/mol.